The fraction of sp³-hybridized carbons (Fsp3) is 0.348. The van der Waals surface area contributed by atoms with Gasteiger partial charge < -0.3 is 9.64 Å². The van der Waals surface area contributed by atoms with Gasteiger partial charge in [0.05, 0.1) is 11.6 Å². The van der Waals surface area contributed by atoms with Gasteiger partial charge in [-0.25, -0.2) is 4.39 Å². The monoisotopic (exact) mass is 377 g/mol. The molecule has 3 aliphatic rings. The van der Waals surface area contributed by atoms with E-state index in [1.807, 2.05) is 42.6 Å². The molecule has 0 N–H and O–H groups in total. The van der Waals surface area contributed by atoms with Crippen LogP contribution in [0.15, 0.2) is 60.8 Å². The molecular formula is C23H24FN3O. The van der Waals surface area contributed by atoms with Crippen molar-refractivity contribution in [1.82, 2.24) is 14.7 Å². The summed E-state index contributed by atoms with van der Waals surface area (Å²) in [5.74, 6) is 0.986. The van der Waals surface area contributed by atoms with Gasteiger partial charge in [0, 0.05) is 12.7 Å². The van der Waals surface area contributed by atoms with Crippen molar-refractivity contribution in [1.29, 1.82) is 0 Å². The van der Waals surface area contributed by atoms with Gasteiger partial charge in [-0.2, -0.15) is 0 Å². The first-order valence-electron chi connectivity index (χ1n) is 10.0. The molecule has 28 heavy (non-hydrogen) atoms. The smallest absolute Gasteiger partial charge is 0.241 e. The second-order valence-electron chi connectivity index (χ2n) is 7.82. The van der Waals surface area contributed by atoms with E-state index in [9.17, 15) is 4.39 Å². The molecule has 5 heteroatoms. The molecule has 0 saturated carbocycles. The highest BCUT2D eigenvalue weighted by Gasteiger charge is 2.36. The molecule has 144 valence electrons. The minimum atomic E-state index is -0.248. The maximum atomic E-state index is 13.8. The van der Waals surface area contributed by atoms with Crippen molar-refractivity contribution in [2.75, 3.05) is 19.6 Å². The van der Waals surface area contributed by atoms with Crippen molar-refractivity contribution in [2.24, 2.45) is 5.92 Å². The number of nitrogens with zero attached hydrogens (tertiary/aromatic N) is 3. The summed E-state index contributed by atoms with van der Waals surface area (Å²) in [6.07, 6.45) is 4.49. The van der Waals surface area contributed by atoms with Gasteiger partial charge >= 0.3 is 0 Å². The Morgan fingerprint density at radius 2 is 1.86 bits per heavy atom. The molecule has 1 atom stereocenters. The molecule has 1 aromatic heterocycles. The Hall–Kier alpha value is -2.66. The van der Waals surface area contributed by atoms with Crippen molar-refractivity contribution >= 4 is 0 Å². The second kappa shape index (κ2) is 7.40. The molecule has 2 aromatic carbocycles. The third-order valence-corrected chi connectivity index (χ3v) is 6.01. The summed E-state index contributed by atoms with van der Waals surface area (Å²) < 4.78 is 22.0. The Kier molecular flexibility index (Phi) is 4.61. The number of hydrogen-bond acceptors (Lipinski definition) is 3. The lowest BCUT2D eigenvalue weighted by atomic mass is 9.84. The Labute approximate surface area is 164 Å². The quantitative estimate of drug-likeness (QED) is 0.654. The van der Waals surface area contributed by atoms with Gasteiger partial charge in [0.25, 0.3) is 0 Å². The lowest BCUT2D eigenvalue weighted by molar-refractivity contribution is 0.0505. The van der Waals surface area contributed by atoms with E-state index in [1.54, 1.807) is 12.1 Å². The zero-order valence-corrected chi connectivity index (χ0v) is 15.8. The van der Waals surface area contributed by atoms with Gasteiger partial charge in [-0.05, 0) is 55.1 Å². The van der Waals surface area contributed by atoms with Crippen LogP contribution in [0.25, 0.3) is 11.1 Å². The lowest BCUT2D eigenvalue weighted by Crippen LogP contribution is -2.48. The number of benzene rings is 2. The number of halogens is 1. The normalized spacial score (nSPS) is 23.7. The van der Waals surface area contributed by atoms with Crippen molar-refractivity contribution < 1.29 is 9.13 Å². The van der Waals surface area contributed by atoms with Crippen molar-refractivity contribution in [2.45, 2.75) is 25.5 Å². The van der Waals surface area contributed by atoms with Gasteiger partial charge in [0.1, 0.15) is 12.4 Å². The fourth-order valence-corrected chi connectivity index (χ4v) is 4.47. The molecule has 0 radical (unpaired) electrons. The Balaban J connectivity index is 1.47. The highest BCUT2D eigenvalue weighted by Crippen LogP contribution is 2.38. The summed E-state index contributed by atoms with van der Waals surface area (Å²) in [6, 6.07) is 17.1. The van der Waals surface area contributed by atoms with E-state index in [0.717, 1.165) is 23.2 Å². The SMILES string of the molecule is Fc1cccc(-c2cn(C3CN4CCC3CC4)nc2OCc2ccccc2)c1. The molecule has 4 nitrogen and oxygen atoms in total. The van der Waals surface area contributed by atoms with Crippen LogP contribution >= 0.6 is 0 Å². The average Bonchev–Trinajstić information content (AvgIpc) is 3.18. The van der Waals surface area contributed by atoms with E-state index >= 15 is 0 Å². The third-order valence-electron chi connectivity index (χ3n) is 6.01. The zero-order chi connectivity index (χ0) is 18.9. The first kappa shape index (κ1) is 17.4. The van der Waals surface area contributed by atoms with Crippen LogP contribution in [-0.4, -0.2) is 34.3 Å². The van der Waals surface area contributed by atoms with E-state index < -0.39 is 0 Å². The molecule has 3 aliphatic heterocycles. The molecule has 2 bridgehead atoms. The van der Waals surface area contributed by atoms with Gasteiger partial charge in [0.2, 0.25) is 5.88 Å². The molecule has 0 spiro atoms. The van der Waals surface area contributed by atoms with Crippen LogP contribution in [0.5, 0.6) is 5.88 Å². The van der Waals surface area contributed by atoms with Crippen molar-refractivity contribution in [3.63, 3.8) is 0 Å². The minimum absolute atomic E-state index is 0.248. The van der Waals surface area contributed by atoms with Crippen LogP contribution in [-0.2, 0) is 6.61 Å². The van der Waals surface area contributed by atoms with Gasteiger partial charge in [-0.1, -0.05) is 42.5 Å². The van der Waals surface area contributed by atoms with Gasteiger partial charge in [0.15, 0.2) is 0 Å². The van der Waals surface area contributed by atoms with Crippen LogP contribution < -0.4 is 4.74 Å². The van der Waals surface area contributed by atoms with E-state index in [4.69, 9.17) is 9.84 Å². The van der Waals surface area contributed by atoms with Gasteiger partial charge in [-0.15, -0.1) is 5.10 Å². The Bertz CT molecular complexity index is 947. The van der Waals surface area contributed by atoms with Crippen molar-refractivity contribution in [3.8, 4) is 17.0 Å². The molecular weight excluding hydrogens is 353 g/mol. The summed E-state index contributed by atoms with van der Waals surface area (Å²) >= 11 is 0. The zero-order valence-electron chi connectivity index (χ0n) is 15.8. The maximum absolute atomic E-state index is 13.8. The van der Waals surface area contributed by atoms with Crippen LogP contribution in [0.2, 0.25) is 0 Å². The number of piperidine rings is 3. The standard InChI is InChI=1S/C23H24FN3O/c24-20-8-4-7-19(13-20)21-14-27(22-15-26-11-9-18(22)10-12-26)25-23(21)28-16-17-5-2-1-3-6-17/h1-8,13-14,18,22H,9-12,15-16H2. The highest BCUT2D eigenvalue weighted by molar-refractivity contribution is 5.68. The number of aromatic nitrogens is 2. The van der Waals surface area contributed by atoms with Crippen LogP contribution in [0.3, 0.4) is 0 Å². The number of hydrogen-bond donors (Lipinski definition) is 0. The molecule has 3 fully saturated rings. The summed E-state index contributed by atoms with van der Waals surface area (Å²) in [5, 5.41) is 4.82. The molecule has 3 saturated heterocycles. The lowest BCUT2D eigenvalue weighted by Gasteiger charge is -2.44. The molecule has 0 amide bonds. The second-order valence-corrected chi connectivity index (χ2v) is 7.82. The van der Waals surface area contributed by atoms with Gasteiger partial charge in [-0.3, -0.25) is 4.68 Å². The van der Waals surface area contributed by atoms with E-state index in [-0.39, 0.29) is 5.82 Å². The average molecular weight is 377 g/mol. The summed E-state index contributed by atoms with van der Waals surface area (Å²) in [6.45, 7) is 3.86. The first-order valence-corrected chi connectivity index (χ1v) is 10.0. The minimum Gasteiger partial charge on any atom is -0.471 e. The number of rotatable bonds is 5. The number of fused-ring (bicyclic) bond motifs is 3. The van der Waals surface area contributed by atoms with E-state index in [0.29, 0.717) is 24.4 Å². The Morgan fingerprint density at radius 3 is 2.57 bits per heavy atom. The third kappa shape index (κ3) is 3.42. The summed E-state index contributed by atoms with van der Waals surface area (Å²) in [4.78, 5) is 2.51. The molecule has 1 unspecified atom stereocenters. The predicted octanol–water partition coefficient (Wildman–Crippen LogP) is 4.53. The van der Waals surface area contributed by atoms with Crippen LogP contribution in [0, 0.1) is 11.7 Å². The number of ether oxygens (including phenoxy) is 1. The van der Waals surface area contributed by atoms with Crippen molar-refractivity contribution in [3.05, 3.63) is 72.2 Å². The fourth-order valence-electron chi connectivity index (χ4n) is 4.47. The van der Waals surface area contributed by atoms with Crippen LogP contribution in [0.4, 0.5) is 4.39 Å². The van der Waals surface area contributed by atoms with E-state index in [1.165, 1.54) is 32.0 Å². The Morgan fingerprint density at radius 1 is 1.04 bits per heavy atom. The topological polar surface area (TPSA) is 30.3 Å². The first-order chi connectivity index (χ1) is 13.8. The molecule has 4 heterocycles. The summed E-state index contributed by atoms with van der Waals surface area (Å²) in [7, 11) is 0. The maximum Gasteiger partial charge on any atom is 0.241 e. The van der Waals surface area contributed by atoms with E-state index in [2.05, 4.69) is 9.58 Å². The molecule has 0 aliphatic carbocycles. The highest BCUT2D eigenvalue weighted by atomic mass is 19.1. The molecule has 3 aromatic rings. The molecule has 6 rings (SSSR count). The summed E-state index contributed by atoms with van der Waals surface area (Å²) in [5.41, 5.74) is 2.74. The predicted molar refractivity (Wildman–Crippen MR) is 107 cm³/mol. The van der Waals surface area contributed by atoms with Crippen LogP contribution in [0.1, 0.15) is 24.4 Å². The largest absolute Gasteiger partial charge is 0.471 e.